The van der Waals surface area contributed by atoms with Gasteiger partial charge in [-0.3, -0.25) is 10.1 Å². The average Bonchev–Trinajstić information content (AvgIpc) is 3.43. The molecule has 0 spiro atoms. The molecular weight excluding hydrogens is 493 g/mol. The zero-order valence-corrected chi connectivity index (χ0v) is 20.7. The maximum atomic E-state index is 9.83. The van der Waals surface area contributed by atoms with E-state index in [4.69, 9.17) is 23.2 Å². The lowest BCUT2D eigenvalue weighted by molar-refractivity contribution is 0.852. The van der Waals surface area contributed by atoms with Crippen LogP contribution in [0.2, 0.25) is 10.0 Å². The van der Waals surface area contributed by atoms with Crippen molar-refractivity contribution < 1.29 is 0 Å². The fraction of sp³-hybridized carbons (Fsp3) is 0.111. The van der Waals surface area contributed by atoms with Crippen molar-refractivity contribution in [3.05, 3.63) is 112 Å². The molecule has 0 aliphatic carbocycles. The Morgan fingerprint density at radius 3 is 2.42 bits per heavy atom. The highest BCUT2D eigenvalue weighted by atomic mass is 35.5. The van der Waals surface area contributed by atoms with Crippen LogP contribution >= 0.6 is 23.2 Å². The third-order valence-electron chi connectivity index (χ3n) is 5.95. The van der Waals surface area contributed by atoms with E-state index in [1.807, 2.05) is 73.7 Å². The Morgan fingerprint density at radius 1 is 0.944 bits per heavy atom. The second-order valence-corrected chi connectivity index (χ2v) is 9.18. The maximum Gasteiger partial charge on any atom is 0.109 e. The van der Waals surface area contributed by atoms with E-state index in [1.54, 1.807) is 12.4 Å². The van der Waals surface area contributed by atoms with Gasteiger partial charge in [-0.2, -0.15) is 5.26 Å². The van der Waals surface area contributed by atoms with Crippen LogP contribution in [0.25, 0.3) is 10.9 Å². The average molecular weight is 514 g/mol. The van der Waals surface area contributed by atoms with E-state index >= 15 is 0 Å². The Balaban J connectivity index is 1.60. The zero-order chi connectivity index (χ0) is 25.1. The molecule has 5 rings (SSSR count). The summed E-state index contributed by atoms with van der Waals surface area (Å²) in [5, 5.41) is 29.6. The summed E-state index contributed by atoms with van der Waals surface area (Å²) in [7, 11) is 0. The van der Waals surface area contributed by atoms with Crippen LogP contribution in [-0.2, 0) is 0 Å². The largest absolute Gasteiger partial charge is 0.377 e. The van der Waals surface area contributed by atoms with Crippen molar-refractivity contribution in [1.82, 2.24) is 20.4 Å². The van der Waals surface area contributed by atoms with Gasteiger partial charge in [-0.1, -0.05) is 70.9 Å². The first kappa shape index (κ1) is 23.6. The van der Waals surface area contributed by atoms with Crippen LogP contribution in [0.1, 0.15) is 41.4 Å². The summed E-state index contributed by atoms with van der Waals surface area (Å²) >= 11 is 12.7. The fourth-order valence-corrected chi connectivity index (χ4v) is 4.49. The van der Waals surface area contributed by atoms with Gasteiger partial charge in [0.15, 0.2) is 0 Å². The summed E-state index contributed by atoms with van der Waals surface area (Å²) in [6.45, 7) is 2.05. The molecule has 0 radical (unpaired) electrons. The van der Waals surface area contributed by atoms with Crippen molar-refractivity contribution in [3.63, 3.8) is 0 Å². The molecule has 36 heavy (non-hydrogen) atoms. The molecule has 7 nitrogen and oxygen atoms in total. The first-order valence-electron chi connectivity index (χ1n) is 11.3. The van der Waals surface area contributed by atoms with E-state index in [2.05, 4.69) is 37.1 Å². The number of hydrogen-bond donors (Lipinski definition) is 3. The number of aromatic amines is 1. The van der Waals surface area contributed by atoms with E-state index in [1.165, 1.54) is 0 Å². The van der Waals surface area contributed by atoms with Gasteiger partial charge in [0.2, 0.25) is 0 Å². The van der Waals surface area contributed by atoms with Gasteiger partial charge < -0.3 is 10.6 Å². The summed E-state index contributed by atoms with van der Waals surface area (Å²) in [4.78, 5) is 4.63. The van der Waals surface area contributed by atoms with Crippen LogP contribution in [0.3, 0.4) is 0 Å². The third kappa shape index (κ3) is 4.82. The van der Waals surface area contributed by atoms with Crippen molar-refractivity contribution in [3.8, 4) is 6.07 Å². The third-order valence-corrected chi connectivity index (χ3v) is 6.42. The lowest BCUT2D eigenvalue weighted by Crippen LogP contribution is -2.14. The monoisotopic (exact) mass is 513 g/mol. The Morgan fingerprint density at radius 2 is 1.72 bits per heavy atom. The van der Waals surface area contributed by atoms with Gasteiger partial charge in [0.25, 0.3) is 0 Å². The molecule has 5 aromatic rings. The number of hydrogen-bond acceptors (Lipinski definition) is 6. The highest BCUT2D eigenvalue weighted by Crippen LogP contribution is 2.37. The number of H-pyrrole nitrogens is 1. The summed E-state index contributed by atoms with van der Waals surface area (Å²) < 4.78 is 0. The van der Waals surface area contributed by atoms with Crippen LogP contribution in [0.15, 0.2) is 79.1 Å². The first-order chi connectivity index (χ1) is 17.5. The van der Waals surface area contributed by atoms with Crippen LogP contribution < -0.4 is 10.6 Å². The number of rotatable bonds is 7. The summed E-state index contributed by atoms with van der Waals surface area (Å²) in [5.41, 5.74) is 5.20. The molecule has 0 aliphatic rings. The Labute approximate surface area is 218 Å². The number of nitrogens with one attached hydrogen (secondary N) is 3. The van der Waals surface area contributed by atoms with Gasteiger partial charge >= 0.3 is 0 Å². The van der Waals surface area contributed by atoms with Crippen molar-refractivity contribution in [2.75, 3.05) is 10.6 Å². The number of benzene rings is 3. The van der Waals surface area contributed by atoms with Gasteiger partial charge in [0.1, 0.15) is 11.8 Å². The van der Waals surface area contributed by atoms with Crippen LogP contribution in [0.4, 0.5) is 11.4 Å². The van der Waals surface area contributed by atoms with Gasteiger partial charge in [0.05, 0.1) is 28.5 Å². The standard InChI is InChI=1S/C27H21Cl2N7/c1-16(17-5-3-2-4-6-17)33-25-19(13-30)14-31-27-22(25)11-21(29)12-23(27)34-26(24-15-32-36-35-24)18-7-9-20(28)10-8-18/h2-12,14-16,26,34H,1H3,(H,31,33)(H,32,35,36)/t16-,26+/m1/s1. The lowest BCUT2D eigenvalue weighted by atomic mass is 10.0. The number of pyridine rings is 1. The SMILES string of the molecule is C[C@@H](Nc1c(C#N)cnc2c(N[C@@H](c3ccc(Cl)cc3)c3c[nH]nn3)cc(Cl)cc12)c1ccccc1. The van der Waals surface area contributed by atoms with E-state index < -0.39 is 0 Å². The minimum atomic E-state index is -0.347. The predicted molar refractivity (Wildman–Crippen MR) is 143 cm³/mol. The molecule has 0 bridgehead atoms. The van der Waals surface area contributed by atoms with Crippen LogP contribution in [-0.4, -0.2) is 20.4 Å². The van der Waals surface area contributed by atoms with Gasteiger partial charge in [-0.05, 0) is 42.3 Å². The molecule has 9 heteroatoms. The molecule has 0 fully saturated rings. The fourth-order valence-electron chi connectivity index (χ4n) is 4.15. The number of nitrogens with zero attached hydrogens (tertiary/aromatic N) is 4. The molecule has 0 unspecified atom stereocenters. The number of fused-ring (bicyclic) bond motifs is 1. The summed E-state index contributed by atoms with van der Waals surface area (Å²) in [5.74, 6) is 0. The highest BCUT2D eigenvalue weighted by Gasteiger charge is 2.21. The van der Waals surface area contributed by atoms with Crippen molar-refractivity contribution >= 4 is 45.5 Å². The van der Waals surface area contributed by atoms with Gasteiger partial charge in [-0.15, -0.1) is 5.10 Å². The molecule has 2 heterocycles. The minimum absolute atomic E-state index is 0.0452. The zero-order valence-electron chi connectivity index (χ0n) is 19.2. The predicted octanol–water partition coefficient (Wildman–Crippen LogP) is 6.91. The second kappa shape index (κ2) is 10.2. The molecule has 0 saturated carbocycles. The van der Waals surface area contributed by atoms with Crippen molar-refractivity contribution in [2.45, 2.75) is 19.0 Å². The Kier molecular flexibility index (Phi) is 6.72. The van der Waals surface area contributed by atoms with E-state index in [-0.39, 0.29) is 12.1 Å². The molecule has 2 atom stereocenters. The molecule has 178 valence electrons. The number of halogens is 2. The minimum Gasteiger partial charge on any atom is -0.377 e. The first-order valence-corrected chi connectivity index (χ1v) is 12.0. The molecule has 3 aromatic carbocycles. The number of anilines is 2. The summed E-state index contributed by atoms with van der Waals surface area (Å²) in [6, 6.07) is 23.0. The smallest absolute Gasteiger partial charge is 0.109 e. The topological polar surface area (TPSA) is 102 Å². The van der Waals surface area contributed by atoms with Crippen molar-refractivity contribution in [1.29, 1.82) is 5.26 Å². The Bertz CT molecular complexity index is 1530. The molecule has 2 aromatic heterocycles. The van der Waals surface area contributed by atoms with Crippen LogP contribution in [0, 0.1) is 11.3 Å². The van der Waals surface area contributed by atoms with Gasteiger partial charge in [-0.25, -0.2) is 0 Å². The Hall–Kier alpha value is -4.12. The van der Waals surface area contributed by atoms with Crippen molar-refractivity contribution in [2.24, 2.45) is 0 Å². The van der Waals surface area contributed by atoms with E-state index in [9.17, 15) is 5.26 Å². The van der Waals surface area contributed by atoms with E-state index in [0.29, 0.717) is 38.2 Å². The number of aromatic nitrogens is 4. The normalized spacial score (nSPS) is 12.6. The summed E-state index contributed by atoms with van der Waals surface area (Å²) in [6.07, 6.45) is 3.31. The molecule has 0 amide bonds. The quantitative estimate of drug-likeness (QED) is 0.218. The molecule has 0 aliphatic heterocycles. The van der Waals surface area contributed by atoms with Crippen LogP contribution in [0.5, 0.6) is 0 Å². The lowest BCUT2D eigenvalue weighted by Gasteiger charge is -2.22. The van der Waals surface area contributed by atoms with Gasteiger partial charge in [0, 0.05) is 33.9 Å². The second-order valence-electron chi connectivity index (χ2n) is 8.31. The molecule has 3 N–H and O–H groups in total. The molecule has 0 saturated heterocycles. The molecular formula is C27H21Cl2N7. The highest BCUT2D eigenvalue weighted by molar-refractivity contribution is 6.32. The van der Waals surface area contributed by atoms with E-state index in [0.717, 1.165) is 16.5 Å². The maximum absolute atomic E-state index is 9.83. The number of nitriles is 1.